The predicted molar refractivity (Wildman–Crippen MR) is 61.2 cm³/mol. The summed E-state index contributed by atoms with van der Waals surface area (Å²) >= 11 is 5.83. The molecule has 0 fully saturated rings. The van der Waals surface area contributed by atoms with Crippen molar-refractivity contribution >= 4 is 17.9 Å². The van der Waals surface area contributed by atoms with Gasteiger partial charge in [0.05, 0.1) is 5.69 Å². The van der Waals surface area contributed by atoms with Crippen molar-refractivity contribution < 1.29 is 4.79 Å². The molecule has 0 aliphatic carbocycles. The van der Waals surface area contributed by atoms with Gasteiger partial charge in [0, 0.05) is 23.2 Å². The van der Waals surface area contributed by atoms with E-state index in [-0.39, 0.29) is 12.0 Å². The van der Waals surface area contributed by atoms with E-state index in [1.165, 1.54) is 10.7 Å². The standard InChI is InChI=1S/C11H9ClN2O2/c12-8-2-1-3-10(6-8)14-11(16)7-9(13-14)4-5-15/h1-3,5-7,13H,4H2. The Morgan fingerprint density at radius 3 is 2.88 bits per heavy atom. The fraction of sp³-hybridized carbons (Fsp3) is 0.0909. The van der Waals surface area contributed by atoms with Crippen LogP contribution in [0.25, 0.3) is 5.69 Å². The number of aromatic amines is 1. The number of H-pyrrole nitrogens is 1. The lowest BCUT2D eigenvalue weighted by Gasteiger charge is -2.01. The SMILES string of the molecule is O=CCc1cc(=O)n(-c2cccc(Cl)c2)[nH]1. The summed E-state index contributed by atoms with van der Waals surface area (Å²) < 4.78 is 1.35. The van der Waals surface area contributed by atoms with Crippen LogP contribution in [0, 0.1) is 0 Å². The predicted octanol–water partition coefficient (Wildman–Crippen LogP) is 1.56. The lowest BCUT2D eigenvalue weighted by molar-refractivity contribution is -0.107. The van der Waals surface area contributed by atoms with Crippen molar-refractivity contribution in [3.63, 3.8) is 0 Å². The molecule has 0 amide bonds. The average Bonchev–Trinajstić information content (AvgIpc) is 2.60. The number of carbonyl (C=O) groups excluding carboxylic acids is 1. The molecule has 0 saturated heterocycles. The minimum atomic E-state index is -0.209. The van der Waals surface area contributed by atoms with Crippen molar-refractivity contribution in [3.05, 3.63) is 51.4 Å². The quantitative estimate of drug-likeness (QED) is 0.823. The van der Waals surface area contributed by atoms with Gasteiger partial charge in [0.2, 0.25) is 0 Å². The van der Waals surface area contributed by atoms with Crippen LogP contribution in [0.2, 0.25) is 5.02 Å². The second kappa shape index (κ2) is 4.37. The van der Waals surface area contributed by atoms with E-state index in [1.54, 1.807) is 24.3 Å². The highest BCUT2D eigenvalue weighted by Gasteiger charge is 2.04. The van der Waals surface area contributed by atoms with Gasteiger partial charge in [0.15, 0.2) is 0 Å². The fourth-order valence-corrected chi connectivity index (χ4v) is 1.63. The zero-order chi connectivity index (χ0) is 11.5. The minimum absolute atomic E-state index is 0.197. The maximum atomic E-state index is 11.6. The van der Waals surface area contributed by atoms with Crippen LogP contribution in [0.1, 0.15) is 5.69 Å². The molecule has 2 rings (SSSR count). The molecule has 1 aromatic carbocycles. The van der Waals surface area contributed by atoms with Crippen molar-refractivity contribution in [1.29, 1.82) is 0 Å². The molecule has 1 N–H and O–H groups in total. The number of hydrogen-bond donors (Lipinski definition) is 1. The average molecular weight is 237 g/mol. The van der Waals surface area contributed by atoms with Crippen LogP contribution < -0.4 is 5.56 Å². The van der Waals surface area contributed by atoms with Gasteiger partial charge < -0.3 is 4.79 Å². The highest BCUT2D eigenvalue weighted by Crippen LogP contribution is 2.12. The number of carbonyl (C=O) groups is 1. The van der Waals surface area contributed by atoms with Gasteiger partial charge in [-0.1, -0.05) is 17.7 Å². The van der Waals surface area contributed by atoms with E-state index in [9.17, 15) is 9.59 Å². The van der Waals surface area contributed by atoms with Crippen molar-refractivity contribution in [3.8, 4) is 5.69 Å². The summed E-state index contributed by atoms with van der Waals surface area (Å²) in [5.41, 5.74) is 1.02. The highest BCUT2D eigenvalue weighted by atomic mass is 35.5. The molecule has 82 valence electrons. The van der Waals surface area contributed by atoms with Gasteiger partial charge in [-0.3, -0.25) is 9.89 Å². The van der Waals surface area contributed by atoms with Crippen molar-refractivity contribution in [1.82, 2.24) is 9.78 Å². The smallest absolute Gasteiger partial charge is 0.271 e. The number of aromatic nitrogens is 2. The van der Waals surface area contributed by atoms with Gasteiger partial charge in [-0.25, -0.2) is 4.68 Å². The molecule has 1 heterocycles. The Hall–Kier alpha value is -1.81. The Kier molecular flexibility index (Phi) is 2.92. The van der Waals surface area contributed by atoms with Gasteiger partial charge in [-0.2, -0.15) is 0 Å². The van der Waals surface area contributed by atoms with Crippen LogP contribution in [-0.2, 0) is 11.2 Å². The second-order valence-electron chi connectivity index (χ2n) is 3.31. The molecule has 0 bridgehead atoms. The molecule has 16 heavy (non-hydrogen) atoms. The first-order valence-electron chi connectivity index (χ1n) is 4.71. The number of aldehydes is 1. The third-order valence-corrected chi connectivity index (χ3v) is 2.38. The van der Waals surface area contributed by atoms with Crippen LogP contribution in [0.15, 0.2) is 35.1 Å². The van der Waals surface area contributed by atoms with Crippen molar-refractivity contribution in [2.45, 2.75) is 6.42 Å². The molecule has 0 unspecified atom stereocenters. The Morgan fingerprint density at radius 1 is 1.38 bits per heavy atom. The maximum absolute atomic E-state index is 11.6. The lowest BCUT2D eigenvalue weighted by atomic mass is 10.3. The summed E-state index contributed by atoms with van der Waals surface area (Å²) in [6.07, 6.45) is 0.941. The minimum Gasteiger partial charge on any atom is -0.303 e. The normalized spacial score (nSPS) is 10.3. The molecule has 0 aliphatic heterocycles. The van der Waals surface area contributed by atoms with E-state index in [0.29, 0.717) is 16.4 Å². The molecule has 1 aromatic heterocycles. The molecule has 0 spiro atoms. The number of rotatable bonds is 3. The highest BCUT2D eigenvalue weighted by molar-refractivity contribution is 6.30. The number of benzene rings is 1. The molecular formula is C11H9ClN2O2. The van der Waals surface area contributed by atoms with Crippen LogP contribution in [0.5, 0.6) is 0 Å². The molecule has 0 saturated carbocycles. The van der Waals surface area contributed by atoms with Crippen LogP contribution in [-0.4, -0.2) is 16.1 Å². The van der Waals surface area contributed by atoms with Gasteiger partial charge in [0.1, 0.15) is 6.29 Å². The number of halogens is 1. The first kappa shape index (κ1) is 10.7. The van der Waals surface area contributed by atoms with E-state index in [4.69, 9.17) is 11.6 Å². The first-order chi connectivity index (χ1) is 7.70. The third kappa shape index (κ3) is 2.06. The van der Waals surface area contributed by atoms with E-state index < -0.39 is 0 Å². The number of hydrogen-bond acceptors (Lipinski definition) is 2. The molecular weight excluding hydrogens is 228 g/mol. The Bertz CT molecular complexity index is 571. The number of nitrogens with zero attached hydrogens (tertiary/aromatic N) is 1. The van der Waals surface area contributed by atoms with Gasteiger partial charge in [-0.15, -0.1) is 0 Å². The maximum Gasteiger partial charge on any atom is 0.271 e. The number of nitrogens with one attached hydrogen (secondary N) is 1. The Labute approximate surface area is 96.5 Å². The molecule has 2 aromatic rings. The van der Waals surface area contributed by atoms with E-state index in [1.807, 2.05) is 0 Å². The summed E-state index contributed by atoms with van der Waals surface area (Å²) in [6.45, 7) is 0. The van der Waals surface area contributed by atoms with Crippen LogP contribution >= 0.6 is 11.6 Å². The van der Waals surface area contributed by atoms with Crippen molar-refractivity contribution in [2.75, 3.05) is 0 Å². The molecule has 0 atom stereocenters. The molecule has 5 heteroatoms. The zero-order valence-corrected chi connectivity index (χ0v) is 9.07. The summed E-state index contributed by atoms with van der Waals surface area (Å²) in [5.74, 6) is 0. The zero-order valence-electron chi connectivity index (χ0n) is 8.31. The fourth-order valence-electron chi connectivity index (χ4n) is 1.45. The largest absolute Gasteiger partial charge is 0.303 e. The van der Waals surface area contributed by atoms with Crippen LogP contribution in [0.3, 0.4) is 0 Å². The van der Waals surface area contributed by atoms with E-state index in [2.05, 4.69) is 5.10 Å². The topological polar surface area (TPSA) is 54.9 Å². The lowest BCUT2D eigenvalue weighted by Crippen LogP contribution is -2.13. The second-order valence-corrected chi connectivity index (χ2v) is 3.74. The van der Waals surface area contributed by atoms with Gasteiger partial charge >= 0.3 is 0 Å². The Balaban J connectivity index is 2.47. The molecule has 4 nitrogen and oxygen atoms in total. The molecule has 0 aliphatic rings. The summed E-state index contributed by atoms with van der Waals surface area (Å²) in [4.78, 5) is 21.9. The van der Waals surface area contributed by atoms with Gasteiger partial charge in [-0.05, 0) is 18.2 Å². The van der Waals surface area contributed by atoms with Crippen molar-refractivity contribution in [2.24, 2.45) is 0 Å². The van der Waals surface area contributed by atoms with Gasteiger partial charge in [0.25, 0.3) is 5.56 Å². The van der Waals surface area contributed by atoms with E-state index in [0.717, 1.165) is 6.29 Å². The third-order valence-electron chi connectivity index (χ3n) is 2.14. The monoisotopic (exact) mass is 236 g/mol. The summed E-state index contributed by atoms with van der Waals surface area (Å²) in [6, 6.07) is 8.31. The molecule has 0 radical (unpaired) electrons. The van der Waals surface area contributed by atoms with Crippen LogP contribution in [0.4, 0.5) is 0 Å². The first-order valence-corrected chi connectivity index (χ1v) is 5.09. The summed E-state index contributed by atoms with van der Waals surface area (Å²) in [7, 11) is 0. The summed E-state index contributed by atoms with van der Waals surface area (Å²) in [5, 5.41) is 3.39. The Morgan fingerprint density at radius 2 is 2.19 bits per heavy atom. The van der Waals surface area contributed by atoms with E-state index >= 15 is 0 Å².